The van der Waals surface area contributed by atoms with Gasteiger partial charge in [0.05, 0.1) is 18.3 Å². The molecule has 0 heterocycles. The van der Waals surface area contributed by atoms with E-state index in [1.165, 1.54) is 0 Å². The van der Waals surface area contributed by atoms with Gasteiger partial charge in [-0.15, -0.1) is 0 Å². The van der Waals surface area contributed by atoms with Crippen molar-refractivity contribution in [2.45, 2.75) is 13.8 Å². The van der Waals surface area contributed by atoms with Crippen molar-refractivity contribution in [2.24, 2.45) is 0 Å². The molecule has 1 aromatic rings. The second-order valence-corrected chi connectivity index (χ2v) is 6.45. The highest BCUT2D eigenvalue weighted by atomic mass is 79.9. The van der Waals surface area contributed by atoms with Gasteiger partial charge in [0.1, 0.15) is 5.75 Å². The highest BCUT2D eigenvalue weighted by Crippen LogP contribution is 2.48. The van der Waals surface area contributed by atoms with Crippen LogP contribution >= 0.6 is 23.5 Å². The Bertz CT molecular complexity index is 447. The van der Waals surface area contributed by atoms with Crippen molar-refractivity contribution in [1.82, 2.24) is 0 Å². The summed E-state index contributed by atoms with van der Waals surface area (Å²) in [5, 5.41) is 0. The van der Waals surface area contributed by atoms with Crippen LogP contribution < -0.4 is 4.52 Å². The van der Waals surface area contributed by atoms with Gasteiger partial charge in [-0.25, -0.2) is 4.57 Å². The summed E-state index contributed by atoms with van der Waals surface area (Å²) in [5.41, 5.74) is 0.341. The Morgan fingerprint density at radius 1 is 1.41 bits per heavy atom. The number of hydrogen-bond donors (Lipinski definition) is 0. The number of hydrogen-bond acceptors (Lipinski definition) is 4. The van der Waals surface area contributed by atoms with Crippen LogP contribution in [0.1, 0.15) is 24.2 Å². The van der Waals surface area contributed by atoms with E-state index in [1.807, 2.05) is 0 Å². The molecule has 0 radical (unpaired) electrons. The lowest BCUT2D eigenvalue weighted by Gasteiger charge is -2.18. The van der Waals surface area contributed by atoms with Gasteiger partial charge < -0.3 is 9.05 Å². The van der Waals surface area contributed by atoms with Crippen LogP contribution in [0.15, 0.2) is 22.7 Å². The van der Waals surface area contributed by atoms with Crippen molar-refractivity contribution in [1.29, 1.82) is 0 Å². The zero-order valence-corrected chi connectivity index (χ0v) is 12.2. The Morgan fingerprint density at radius 3 is 2.65 bits per heavy atom. The van der Waals surface area contributed by atoms with Crippen LogP contribution in [0.5, 0.6) is 5.75 Å². The third-order valence-electron chi connectivity index (χ3n) is 2.05. The van der Waals surface area contributed by atoms with Crippen LogP contribution in [0.4, 0.5) is 0 Å². The fraction of sp³-hybridized carbons (Fsp3) is 0.364. The van der Waals surface area contributed by atoms with Crippen molar-refractivity contribution in [3.05, 3.63) is 28.2 Å². The van der Waals surface area contributed by atoms with Gasteiger partial charge >= 0.3 is 7.60 Å². The number of benzene rings is 1. The summed E-state index contributed by atoms with van der Waals surface area (Å²) in [6, 6.07) is 4.91. The summed E-state index contributed by atoms with van der Waals surface area (Å²) in [6.07, 6.45) is 0.918. The highest BCUT2D eigenvalue weighted by Gasteiger charge is 2.24. The van der Waals surface area contributed by atoms with E-state index in [9.17, 15) is 9.36 Å². The fourth-order valence-corrected chi connectivity index (χ4v) is 2.83. The third-order valence-corrected chi connectivity index (χ3v) is 4.44. The van der Waals surface area contributed by atoms with Crippen LogP contribution in [-0.4, -0.2) is 19.1 Å². The van der Waals surface area contributed by atoms with Gasteiger partial charge in [-0.1, -0.05) is 22.9 Å². The zero-order valence-electron chi connectivity index (χ0n) is 9.68. The van der Waals surface area contributed by atoms with Crippen LogP contribution in [0.2, 0.25) is 0 Å². The number of carbonyl (C=O) groups is 1. The van der Waals surface area contributed by atoms with Crippen molar-refractivity contribution in [3.8, 4) is 5.75 Å². The molecule has 1 atom stereocenters. The van der Waals surface area contributed by atoms with E-state index >= 15 is 0 Å². The number of rotatable bonds is 6. The predicted octanol–water partition coefficient (Wildman–Crippen LogP) is 3.89. The average Bonchev–Trinajstić information content (AvgIpc) is 2.32. The molecular weight excluding hydrogens is 307 g/mol. The van der Waals surface area contributed by atoms with Gasteiger partial charge in [-0.3, -0.25) is 4.79 Å². The zero-order chi connectivity index (χ0) is 12.9. The molecule has 0 fully saturated rings. The molecule has 1 rings (SSSR count). The standard InChI is InChI=1S/C11H14BrO4P/c1-3-15-17(14,4-2)16-11-6-5-10(12)7-9(11)8-13/h5-8H,3-4H2,1-2H3. The topological polar surface area (TPSA) is 52.6 Å². The average molecular weight is 321 g/mol. The molecular formula is C11H14BrO4P. The van der Waals surface area contributed by atoms with Crippen molar-refractivity contribution < 1.29 is 18.4 Å². The van der Waals surface area contributed by atoms with Crippen molar-refractivity contribution in [3.63, 3.8) is 0 Å². The first-order chi connectivity index (χ1) is 8.04. The second-order valence-electron chi connectivity index (χ2n) is 3.24. The molecule has 0 amide bonds. The molecule has 1 unspecified atom stereocenters. The Morgan fingerprint density at radius 2 is 2.12 bits per heavy atom. The minimum absolute atomic E-state index is 0.259. The molecule has 4 nitrogen and oxygen atoms in total. The smallest absolute Gasteiger partial charge is 0.378 e. The number of carbonyl (C=O) groups excluding carboxylic acids is 1. The van der Waals surface area contributed by atoms with Gasteiger partial charge in [0.25, 0.3) is 0 Å². The molecule has 17 heavy (non-hydrogen) atoms. The lowest BCUT2D eigenvalue weighted by molar-refractivity contribution is 0.112. The minimum Gasteiger partial charge on any atom is -0.424 e. The van der Waals surface area contributed by atoms with E-state index in [-0.39, 0.29) is 11.9 Å². The normalized spacial score (nSPS) is 14.1. The summed E-state index contributed by atoms with van der Waals surface area (Å²) in [4.78, 5) is 10.9. The summed E-state index contributed by atoms with van der Waals surface area (Å²) in [6.45, 7) is 3.77. The van der Waals surface area contributed by atoms with Crippen LogP contribution in [-0.2, 0) is 9.09 Å². The molecule has 0 N–H and O–H groups in total. The molecule has 0 saturated carbocycles. The largest absolute Gasteiger partial charge is 0.424 e. The Balaban J connectivity index is 3.01. The fourth-order valence-electron chi connectivity index (χ4n) is 1.22. The molecule has 0 saturated heterocycles. The maximum atomic E-state index is 12.1. The summed E-state index contributed by atoms with van der Waals surface area (Å²) < 4.78 is 23.4. The second kappa shape index (κ2) is 6.34. The van der Waals surface area contributed by atoms with Crippen LogP contribution in [0.25, 0.3) is 0 Å². The first-order valence-corrected chi connectivity index (χ1v) is 7.74. The maximum Gasteiger partial charge on any atom is 0.378 e. The maximum absolute atomic E-state index is 12.1. The molecule has 0 aliphatic rings. The van der Waals surface area contributed by atoms with Gasteiger partial charge in [-0.2, -0.15) is 0 Å². The summed E-state index contributed by atoms with van der Waals surface area (Å²) in [7, 11) is -3.15. The Hall–Kier alpha value is -0.640. The molecule has 0 aromatic heterocycles. The van der Waals surface area contributed by atoms with Gasteiger partial charge in [0.2, 0.25) is 0 Å². The minimum atomic E-state index is -3.15. The first kappa shape index (κ1) is 14.4. The van der Waals surface area contributed by atoms with E-state index in [1.54, 1.807) is 32.0 Å². The van der Waals surface area contributed by atoms with Crippen LogP contribution in [0, 0.1) is 0 Å². The van der Waals surface area contributed by atoms with E-state index in [0.29, 0.717) is 18.5 Å². The van der Waals surface area contributed by atoms with E-state index in [2.05, 4.69) is 15.9 Å². The lowest BCUT2D eigenvalue weighted by Crippen LogP contribution is -2.02. The predicted molar refractivity (Wildman–Crippen MR) is 69.9 cm³/mol. The molecule has 94 valence electrons. The highest BCUT2D eigenvalue weighted by molar-refractivity contribution is 9.10. The SMILES string of the molecule is CCOP(=O)(CC)Oc1ccc(Br)cc1C=O. The van der Waals surface area contributed by atoms with Crippen LogP contribution in [0.3, 0.4) is 0 Å². The van der Waals surface area contributed by atoms with Gasteiger partial charge in [0.15, 0.2) is 6.29 Å². The summed E-state index contributed by atoms with van der Waals surface area (Å²) in [5.74, 6) is 0.279. The molecule has 0 aliphatic heterocycles. The molecule has 0 aliphatic carbocycles. The van der Waals surface area contributed by atoms with Crippen molar-refractivity contribution >= 4 is 29.8 Å². The monoisotopic (exact) mass is 320 g/mol. The Kier molecular flexibility index (Phi) is 5.37. The molecule has 0 bridgehead atoms. The molecule has 1 aromatic carbocycles. The first-order valence-electron chi connectivity index (χ1n) is 5.22. The van der Waals surface area contributed by atoms with E-state index < -0.39 is 7.60 Å². The number of halogens is 1. The van der Waals surface area contributed by atoms with E-state index in [0.717, 1.165) is 4.47 Å². The number of aldehydes is 1. The molecule has 6 heteroatoms. The van der Waals surface area contributed by atoms with Gasteiger partial charge in [0, 0.05) is 4.47 Å². The Labute approximate surface area is 109 Å². The lowest BCUT2D eigenvalue weighted by atomic mass is 10.2. The quantitative estimate of drug-likeness (QED) is 0.589. The molecule has 0 spiro atoms. The summed E-state index contributed by atoms with van der Waals surface area (Å²) >= 11 is 3.25. The van der Waals surface area contributed by atoms with E-state index in [4.69, 9.17) is 9.05 Å². The third kappa shape index (κ3) is 3.95. The van der Waals surface area contributed by atoms with Gasteiger partial charge in [-0.05, 0) is 25.1 Å². The van der Waals surface area contributed by atoms with Crippen molar-refractivity contribution in [2.75, 3.05) is 12.8 Å².